The molecule has 0 saturated heterocycles. The largest absolute Gasteiger partial charge is 0.482 e. The molecule has 0 radical (unpaired) electrons. The SMILES string of the molecule is CCN1C(=O)COc2cc(-c3noc(C(=O)NCCCc4ccccc4)n3)ccc21. The maximum absolute atomic E-state index is 12.3. The van der Waals surface area contributed by atoms with Gasteiger partial charge in [0, 0.05) is 18.7 Å². The molecule has 0 aliphatic carbocycles. The Morgan fingerprint density at radius 2 is 2.03 bits per heavy atom. The van der Waals surface area contributed by atoms with E-state index in [2.05, 4.69) is 27.6 Å². The van der Waals surface area contributed by atoms with Crippen molar-refractivity contribution in [2.75, 3.05) is 24.6 Å². The molecule has 0 fully saturated rings. The second-order valence-corrected chi connectivity index (χ2v) is 6.88. The van der Waals surface area contributed by atoms with Crippen molar-refractivity contribution in [1.29, 1.82) is 0 Å². The highest BCUT2D eigenvalue weighted by molar-refractivity contribution is 5.98. The lowest BCUT2D eigenvalue weighted by atomic mass is 10.1. The maximum Gasteiger partial charge on any atom is 0.316 e. The Balaban J connectivity index is 1.38. The summed E-state index contributed by atoms with van der Waals surface area (Å²) >= 11 is 0. The van der Waals surface area contributed by atoms with E-state index >= 15 is 0 Å². The minimum absolute atomic E-state index is 0.00677. The topological polar surface area (TPSA) is 97.6 Å². The standard InChI is InChI=1S/C22H22N4O4/c1-2-26-17-11-10-16(13-18(17)29-14-19(26)27)20-24-22(30-25-20)21(28)23-12-6-9-15-7-4-3-5-8-15/h3-5,7-8,10-11,13H,2,6,9,12,14H2,1H3,(H,23,28). The first kappa shape index (κ1) is 19.6. The number of fused-ring (bicyclic) bond motifs is 1. The minimum atomic E-state index is -0.404. The van der Waals surface area contributed by atoms with Crippen molar-refractivity contribution in [1.82, 2.24) is 15.5 Å². The fraction of sp³-hybridized carbons (Fsp3) is 0.273. The van der Waals surface area contributed by atoms with Gasteiger partial charge in [-0.3, -0.25) is 9.59 Å². The summed E-state index contributed by atoms with van der Waals surface area (Å²) in [5, 5.41) is 6.70. The van der Waals surface area contributed by atoms with E-state index in [4.69, 9.17) is 9.26 Å². The van der Waals surface area contributed by atoms with Crippen LogP contribution in [0.3, 0.4) is 0 Å². The molecule has 8 heteroatoms. The molecule has 8 nitrogen and oxygen atoms in total. The number of hydrogen-bond donors (Lipinski definition) is 1. The number of nitrogens with zero attached hydrogens (tertiary/aromatic N) is 3. The summed E-state index contributed by atoms with van der Waals surface area (Å²) in [5.41, 5.74) is 2.58. The van der Waals surface area contributed by atoms with Crippen LogP contribution in [-0.2, 0) is 11.2 Å². The second-order valence-electron chi connectivity index (χ2n) is 6.88. The number of aryl methyl sites for hydroxylation is 1. The molecule has 0 spiro atoms. The van der Waals surface area contributed by atoms with Crippen LogP contribution in [0.25, 0.3) is 11.4 Å². The van der Waals surface area contributed by atoms with Crippen LogP contribution in [0, 0.1) is 0 Å². The summed E-state index contributed by atoms with van der Waals surface area (Å²) in [7, 11) is 0. The zero-order valence-corrected chi connectivity index (χ0v) is 16.6. The van der Waals surface area contributed by atoms with E-state index in [0.717, 1.165) is 12.8 Å². The summed E-state index contributed by atoms with van der Waals surface area (Å²) in [6.07, 6.45) is 1.69. The lowest BCUT2D eigenvalue weighted by molar-refractivity contribution is -0.121. The Morgan fingerprint density at radius 3 is 2.83 bits per heavy atom. The molecule has 0 atom stereocenters. The highest BCUT2D eigenvalue weighted by atomic mass is 16.5. The van der Waals surface area contributed by atoms with Crippen molar-refractivity contribution < 1.29 is 18.8 Å². The van der Waals surface area contributed by atoms with Crippen molar-refractivity contribution >= 4 is 17.5 Å². The molecule has 30 heavy (non-hydrogen) atoms. The molecule has 2 aromatic carbocycles. The zero-order valence-electron chi connectivity index (χ0n) is 16.6. The molecule has 154 valence electrons. The second kappa shape index (κ2) is 8.77. The predicted molar refractivity (Wildman–Crippen MR) is 110 cm³/mol. The highest BCUT2D eigenvalue weighted by Crippen LogP contribution is 2.35. The molecule has 1 aliphatic heterocycles. The van der Waals surface area contributed by atoms with E-state index < -0.39 is 5.91 Å². The number of hydrogen-bond acceptors (Lipinski definition) is 6. The Bertz CT molecular complexity index is 1050. The van der Waals surface area contributed by atoms with Crippen LogP contribution in [-0.4, -0.2) is 41.7 Å². The van der Waals surface area contributed by atoms with Crippen LogP contribution < -0.4 is 15.0 Å². The molecule has 1 N–H and O–H groups in total. The summed E-state index contributed by atoms with van der Waals surface area (Å²) in [6.45, 7) is 2.97. The molecule has 4 rings (SSSR count). The van der Waals surface area contributed by atoms with Crippen LogP contribution in [0.1, 0.15) is 29.6 Å². The number of nitrogens with one attached hydrogen (secondary N) is 1. The lowest BCUT2D eigenvalue weighted by Crippen LogP contribution is -2.38. The Morgan fingerprint density at radius 1 is 1.20 bits per heavy atom. The number of rotatable bonds is 7. The Kier molecular flexibility index (Phi) is 5.74. The molecule has 2 amide bonds. The molecule has 1 aromatic heterocycles. The van der Waals surface area contributed by atoms with Crippen LogP contribution in [0.5, 0.6) is 5.75 Å². The average molecular weight is 406 g/mol. The molecular weight excluding hydrogens is 384 g/mol. The van der Waals surface area contributed by atoms with E-state index in [1.807, 2.05) is 25.1 Å². The first-order valence-electron chi connectivity index (χ1n) is 9.89. The van der Waals surface area contributed by atoms with Gasteiger partial charge in [0.05, 0.1) is 5.69 Å². The summed E-state index contributed by atoms with van der Waals surface area (Å²) < 4.78 is 10.7. The van der Waals surface area contributed by atoms with Gasteiger partial charge in [-0.15, -0.1) is 0 Å². The molecular formula is C22H22N4O4. The number of ether oxygens (including phenoxy) is 1. The van der Waals surface area contributed by atoms with E-state index in [9.17, 15) is 9.59 Å². The van der Waals surface area contributed by atoms with Gasteiger partial charge in [0.15, 0.2) is 6.61 Å². The van der Waals surface area contributed by atoms with Crippen molar-refractivity contribution in [3.63, 3.8) is 0 Å². The van der Waals surface area contributed by atoms with Gasteiger partial charge in [-0.25, -0.2) is 0 Å². The average Bonchev–Trinajstić information content (AvgIpc) is 3.27. The van der Waals surface area contributed by atoms with Crippen LogP contribution in [0.4, 0.5) is 5.69 Å². The van der Waals surface area contributed by atoms with Gasteiger partial charge >= 0.3 is 11.8 Å². The third-order valence-electron chi connectivity index (χ3n) is 4.87. The highest BCUT2D eigenvalue weighted by Gasteiger charge is 2.25. The molecule has 2 heterocycles. The van der Waals surface area contributed by atoms with Gasteiger partial charge in [-0.05, 0) is 43.5 Å². The lowest BCUT2D eigenvalue weighted by Gasteiger charge is -2.28. The Hall–Kier alpha value is -3.68. The van der Waals surface area contributed by atoms with E-state index in [1.165, 1.54) is 5.56 Å². The summed E-state index contributed by atoms with van der Waals surface area (Å²) in [4.78, 5) is 30.1. The summed E-state index contributed by atoms with van der Waals surface area (Å²) in [5.74, 6) is 0.289. The smallest absolute Gasteiger partial charge is 0.316 e. The van der Waals surface area contributed by atoms with Crippen LogP contribution >= 0.6 is 0 Å². The molecule has 1 aliphatic rings. The fourth-order valence-corrected chi connectivity index (χ4v) is 3.34. The van der Waals surface area contributed by atoms with Gasteiger partial charge in [-0.2, -0.15) is 4.98 Å². The molecule has 3 aromatic rings. The zero-order chi connectivity index (χ0) is 20.9. The van der Waals surface area contributed by atoms with Gasteiger partial charge in [0.25, 0.3) is 5.91 Å². The van der Waals surface area contributed by atoms with Gasteiger partial charge < -0.3 is 19.5 Å². The van der Waals surface area contributed by atoms with Crippen molar-refractivity contribution in [2.24, 2.45) is 0 Å². The van der Waals surface area contributed by atoms with Gasteiger partial charge in [-0.1, -0.05) is 35.5 Å². The van der Waals surface area contributed by atoms with Gasteiger partial charge in [0.2, 0.25) is 5.82 Å². The summed E-state index contributed by atoms with van der Waals surface area (Å²) in [6, 6.07) is 15.4. The van der Waals surface area contributed by atoms with E-state index in [1.54, 1.807) is 23.1 Å². The maximum atomic E-state index is 12.3. The van der Waals surface area contributed by atoms with Crippen molar-refractivity contribution in [3.05, 3.63) is 60.0 Å². The van der Waals surface area contributed by atoms with Crippen molar-refractivity contribution in [2.45, 2.75) is 19.8 Å². The van der Waals surface area contributed by atoms with E-state index in [-0.39, 0.29) is 24.2 Å². The number of carbonyl (C=O) groups is 2. The van der Waals surface area contributed by atoms with Gasteiger partial charge in [0.1, 0.15) is 5.75 Å². The third-order valence-corrected chi connectivity index (χ3v) is 4.87. The van der Waals surface area contributed by atoms with Crippen molar-refractivity contribution in [3.8, 4) is 17.1 Å². The first-order chi connectivity index (χ1) is 14.7. The molecule has 0 saturated carbocycles. The number of benzene rings is 2. The monoisotopic (exact) mass is 406 g/mol. The number of likely N-dealkylation sites (N-methyl/N-ethyl adjacent to an activating group) is 1. The normalized spacial score (nSPS) is 13.0. The van der Waals surface area contributed by atoms with Crippen LogP contribution in [0.15, 0.2) is 53.1 Å². The number of amides is 2. The van der Waals surface area contributed by atoms with Crippen LogP contribution in [0.2, 0.25) is 0 Å². The first-order valence-corrected chi connectivity index (χ1v) is 9.89. The fourth-order valence-electron chi connectivity index (χ4n) is 3.34. The molecule has 0 bridgehead atoms. The number of aromatic nitrogens is 2. The number of anilines is 1. The molecule has 0 unspecified atom stereocenters. The minimum Gasteiger partial charge on any atom is -0.482 e. The quantitative estimate of drug-likeness (QED) is 0.606. The number of carbonyl (C=O) groups excluding carboxylic acids is 2. The predicted octanol–water partition coefficient (Wildman–Crippen LogP) is 2.84. The Labute approximate surface area is 173 Å². The van der Waals surface area contributed by atoms with E-state index in [0.29, 0.717) is 30.1 Å². The third kappa shape index (κ3) is 4.17.